The lowest BCUT2D eigenvalue weighted by molar-refractivity contribution is -0.123. The fourth-order valence-corrected chi connectivity index (χ4v) is 2.89. The number of nitrogens with zero attached hydrogens (tertiary/aromatic N) is 3. The van der Waals surface area contributed by atoms with Crippen LogP contribution in [-0.4, -0.2) is 40.0 Å². The van der Waals surface area contributed by atoms with Crippen molar-refractivity contribution in [3.63, 3.8) is 0 Å². The van der Waals surface area contributed by atoms with Gasteiger partial charge in [0.2, 0.25) is 5.91 Å². The molecule has 0 unspecified atom stereocenters. The Bertz CT molecular complexity index is 654. The Labute approximate surface area is 147 Å². The zero-order chi connectivity index (χ0) is 17.3. The second-order valence-electron chi connectivity index (χ2n) is 6.15. The van der Waals surface area contributed by atoms with E-state index in [2.05, 4.69) is 15.4 Å². The number of nitrogens with one attached hydrogen (secondary N) is 1. The van der Waals surface area contributed by atoms with E-state index >= 15 is 0 Å². The van der Waals surface area contributed by atoms with E-state index in [0.29, 0.717) is 24.6 Å². The van der Waals surface area contributed by atoms with Crippen LogP contribution in [-0.2, 0) is 16.1 Å². The first-order chi connectivity index (χ1) is 12.3. The maximum Gasteiger partial charge on any atom is 0.250 e. The summed E-state index contributed by atoms with van der Waals surface area (Å²) in [5, 5.41) is 6.87. The highest BCUT2D eigenvalue weighted by atomic mass is 16.5. The molecule has 1 heterocycles. The second kappa shape index (κ2) is 9.17. The highest BCUT2D eigenvalue weighted by Crippen LogP contribution is 2.20. The summed E-state index contributed by atoms with van der Waals surface area (Å²) in [6, 6.07) is 7.35. The van der Waals surface area contributed by atoms with Gasteiger partial charge in [-0.2, -0.15) is 5.10 Å². The van der Waals surface area contributed by atoms with Crippen molar-refractivity contribution in [2.75, 3.05) is 18.5 Å². The van der Waals surface area contributed by atoms with Crippen molar-refractivity contribution in [1.29, 1.82) is 0 Å². The summed E-state index contributed by atoms with van der Waals surface area (Å²) in [6.45, 7) is 1.19. The van der Waals surface area contributed by atoms with Crippen molar-refractivity contribution in [2.24, 2.45) is 0 Å². The molecule has 2 aromatic rings. The summed E-state index contributed by atoms with van der Waals surface area (Å²) >= 11 is 0. The van der Waals surface area contributed by atoms with Crippen LogP contribution in [0.5, 0.6) is 5.75 Å². The van der Waals surface area contributed by atoms with Crippen LogP contribution in [0.25, 0.3) is 0 Å². The van der Waals surface area contributed by atoms with E-state index < -0.39 is 0 Å². The summed E-state index contributed by atoms with van der Waals surface area (Å²) in [6.07, 6.45) is 9.14. The minimum absolute atomic E-state index is 0.0993. The van der Waals surface area contributed by atoms with Crippen molar-refractivity contribution in [2.45, 2.75) is 44.8 Å². The topological polar surface area (TPSA) is 78.3 Å². The molecule has 1 amide bonds. The quantitative estimate of drug-likeness (QED) is 0.796. The number of hydrogen-bond acceptors (Lipinski definition) is 5. The van der Waals surface area contributed by atoms with Gasteiger partial charge in [0, 0.05) is 11.8 Å². The van der Waals surface area contributed by atoms with E-state index in [-0.39, 0.29) is 18.6 Å². The molecule has 0 radical (unpaired) electrons. The number of ether oxygens (including phenoxy) is 2. The van der Waals surface area contributed by atoms with Gasteiger partial charge in [-0.3, -0.25) is 4.79 Å². The highest BCUT2D eigenvalue weighted by molar-refractivity contribution is 5.91. The Morgan fingerprint density at radius 1 is 1.28 bits per heavy atom. The van der Waals surface area contributed by atoms with Gasteiger partial charge in [0.1, 0.15) is 31.6 Å². The summed E-state index contributed by atoms with van der Waals surface area (Å²) in [4.78, 5) is 15.9. The fraction of sp³-hybridized carbons (Fsp3) is 0.500. The third-order valence-electron chi connectivity index (χ3n) is 4.18. The molecule has 0 spiro atoms. The van der Waals surface area contributed by atoms with Gasteiger partial charge in [0.15, 0.2) is 0 Å². The normalized spacial score (nSPS) is 15.0. The van der Waals surface area contributed by atoms with E-state index in [1.165, 1.54) is 25.6 Å². The summed E-state index contributed by atoms with van der Waals surface area (Å²) in [5.74, 6) is 0.566. The summed E-state index contributed by atoms with van der Waals surface area (Å²) < 4.78 is 13.1. The SMILES string of the molecule is O=C(COC1CCCCC1)Nc1cccc(OCCn2cncn2)c1. The Morgan fingerprint density at radius 2 is 2.16 bits per heavy atom. The Balaban J connectivity index is 1.41. The van der Waals surface area contributed by atoms with E-state index in [4.69, 9.17) is 9.47 Å². The van der Waals surface area contributed by atoms with Gasteiger partial charge < -0.3 is 14.8 Å². The smallest absolute Gasteiger partial charge is 0.250 e. The first-order valence-electron chi connectivity index (χ1n) is 8.76. The van der Waals surface area contributed by atoms with Crippen LogP contribution in [0.15, 0.2) is 36.9 Å². The third kappa shape index (κ3) is 5.86. The predicted molar refractivity (Wildman–Crippen MR) is 93.4 cm³/mol. The molecule has 1 saturated carbocycles. The van der Waals surface area contributed by atoms with Crippen molar-refractivity contribution in [3.8, 4) is 5.75 Å². The molecule has 7 nitrogen and oxygen atoms in total. The molecule has 0 saturated heterocycles. The Hall–Kier alpha value is -2.41. The molecular formula is C18H24N4O3. The van der Waals surface area contributed by atoms with E-state index in [1.807, 2.05) is 18.2 Å². The molecule has 1 aromatic heterocycles. The minimum Gasteiger partial charge on any atom is -0.492 e. The van der Waals surface area contributed by atoms with Crippen LogP contribution in [0.4, 0.5) is 5.69 Å². The molecule has 1 aliphatic carbocycles. The maximum absolute atomic E-state index is 12.0. The van der Waals surface area contributed by atoms with Crippen molar-refractivity contribution < 1.29 is 14.3 Å². The van der Waals surface area contributed by atoms with Gasteiger partial charge in [-0.1, -0.05) is 25.3 Å². The molecule has 1 N–H and O–H groups in total. The first-order valence-corrected chi connectivity index (χ1v) is 8.76. The van der Waals surface area contributed by atoms with Gasteiger partial charge in [-0.25, -0.2) is 9.67 Å². The standard InChI is InChI=1S/C18H24N4O3/c23-18(12-25-16-6-2-1-3-7-16)21-15-5-4-8-17(11-15)24-10-9-22-14-19-13-20-22/h4-5,8,11,13-14,16H,1-3,6-7,9-10,12H2,(H,21,23). The van der Waals surface area contributed by atoms with Gasteiger partial charge in [-0.05, 0) is 25.0 Å². The number of anilines is 1. The van der Waals surface area contributed by atoms with E-state index in [0.717, 1.165) is 12.8 Å². The molecule has 0 aliphatic heterocycles. The number of rotatable bonds is 8. The van der Waals surface area contributed by atoms with Crippen LogP contribution < -0.4 is 10.1 Å². The maximum atomic E-state index is 12.0. The van der Waals surface area contributed by atoms with Crippen molar-refractivity contribution in [1.82, 2.24) is 14.8 Å². The molecule has 0 bridgehead atoms. The van der Waals surface area contributed by atoms with Crippen LogP contribution in [0.2, 0.25) is 0 Å². The number of amides is 1. The third-order valence-corrected chi connectivity index (χ3v) is 4.18. The zero-order valence-corrected chi connectivity index (χ0v) is 14.3. The summed E-state index contributed by atoms with van der Waals surface area (Å²) in [7, 11) is 0. The zero-order valence-electron chi connectivity index (χ0n) is 14.3. The number of carbonyl (C=O) groups excluding carboxylic acids is 1. The average molecular weight is 344 g/mol. The molecule has 3 rings (SSSR count). The molecule has 1 aromatic carbocycles. The lowest BCUT2D eigenvalue weighted by atomic mass is 9.98. The van der Waals surface area contributed by atoms with Gasteiger partial charge >= 0.3 is 0 Å². The lowest BCUT2D eigenvalue weighted by Gasteiger charge is -2.21. The van der Waals surface area contributed by atoms with Crippen LogP contribution in [0.1, 0.15) is 32.1 Å². The largest absolute Gasteiger partial charge is 0.492 e. The molecule has 0 atom stereocenters. The van der Waals surface area contributed by atoms with Crippen molar-refractivity contribution in [3.05, 3.63) is 36.9 Å². The minimum atomic E-state index is -0.134. The first kappa shape index (κ1) is 17.4. The van der Waals surface area contributed by atoms with E-state index in [1.54, 1.807) is 17.1 Å². The monoisotopic (exact) mass is 344 g/mol. The molecule has 1 fully saturated rings. The summed E-state index contributed by atoms with van der Waals surface area (Å²) in [5.41, 5.74) is 0.704. The highest BCUT2D eigenvalue weighted by Gasteiger charge is 2.15. The molecule has 25 heavy (non-hydrogen) atoms. The number of carbonyl (C=O) groups is 1. The predicted octanol–water partition coefficient (Wildman–Crippen LogP) is 2.64. The van der Waals surface area contributed by atoms with Crippen LogP contribution >= 0.6 is 0 Å². The van der Waals surface area contributed by atoms with Gasteiger partial charge in [-0.15, -0.1) is 0 Å². The van der Waals surface area contributed by atoms with Gasteiger partial charge in [0.25, 0.3) is 0 Å². The molecule has 7 heteroatoms. The second-order valence-corrected chi connectivity index (χ2v) is 6.15. The number of benzene rings is 1. The van der Waals surface area contributed by atoms with Crippen molar-refractivity contribution >= 4 is 11.6 Å². The average Bonchev–Trinajstić information content (AvgIpc) is 3.15. The molecule has 134 valence electrons. The number of aromatic nitrogens is 3. The fourth-order valence-electron chi connectivity index (χ4n) is 2.89. The van der Waals surface area contributed by atoms with Gasteiger partial charge in [0.05, 0.1) is 12.6 Å². The Morgan fingerprint density at radius 3 is 2.96 bits per heavy atom. The van der Waals surface area contributed by atoms with Crippen LogP contribution in [0, 0.1) is 0 Å². The molecular weight excluding hydrogens is 320 g/mol. The van der Waals surface area contributed by atoms with Crippen LogP contribution in [0.3, 0.4) is 0 Å². The molecule has 1 aliphatic rings. The van der Waals surface area contributed by atoms with E-state index in [9.17, 15) is 4.79 Å². The lowest BCUT2D eigenvalue weighted by Crippen LogP contribution is -2.24. The Kier molecular flexibility index (Phi) is 6.39. The number of hydrogen-bond donors (Lipinski definition) is 1.